The van der Waals surface area contributed by atoms with Crippen LogP contribution in [0.5, 0.6) is 0 Å². The third-order valence-corrected chi connectivity index (χ3v) is 3.42. The highest BCUT2D eigenvalue weighted by atomic mass is 35.5. The molecule has 1 aromatic carbocycles. The lowest BCUT2D eigenvalue weighted by Crippen LogP contribution is -2.05. The van der Waals surface area contributed by atoms with E-state index in [1.165, 1.54) is 0 Å². The number of nitrogens with zero attached hydrogens (tertiary/aromatic N) is 3. The van der Waals surface area contributed by atoms with Gasteiger partial charge >= 0.3 is 0 Å². The van der Waals surface area contributed by atoms with Gasteiger partial charge in [0.25, 0.3) is 0 Å². The van der Waals surface area contributed by atoms with Gasteiger partial charge in [-0.2, -0.15) is 0 Å². The van der Waals surface area contributed by atoms with Crippen molar-refractivity contribution >= 4 is 22.6 Å². The van der Waals surface area contributed by atoms with Crippen molar-refractivity contribution in [2.24, 2.45) is 0 Å². The Morgan fingerprint density at radius 2 is 1.90 bits per heavy atom. The Morgan fingerprint density at radius 1 is 1.10 bits per heavy atom. The van der Waals surface area contributed by atoms with E-state index < -0.39 is 6.10 Å². The predicted molar refractivity (Wildman–Crippen MR) is 77.4 cm³/mol. The summed E-state index contributed by atoms with van der Waals surface area (Å²) in [6, 6.07) is 9.35. The number of aliphatic hydroxyl groups is 1. The number of rotatable bonds is 3. The summed E-state index contributed by atoms with van der Waals surface area (Å²) in [5.41, 5.74) is 2.95. The quantitative estimate of drug-likeness (QED) is 0.804. The minimum absolute atomic E-state index is 0.383. The summed E-state index contributed by atoms with van der Waals surface area (Å²) >= 11 is 6.04. The number of halogens is 1. The largest absolute Gasteiger partial charge is 0.386 e. The third-order valence-electron chi connectivity index (χ3n) is 3.08. The van der Waals surface area contributed by atoms with Crippen molar-refractivity contribution < 1.29 is 5.11 Å². The van der Waals surface area contributed by atoms with Gasteiger partial charge in [0, 0.05) is 18.8 Å². The molecule has 0 radical (unpaired) electrons. The number of para-hydroxylation sites is 2. The molecule has 0 spiro atoms. The number of aromatic nitrogens is 3. The molecule has 3 aromatic rings. The molecule has 1 N–H and O–H groups in total. The lowest BCUT2D eigenvalue weighted by molar-refractivity contribution is 0.173. The van der Waals surface area contributed by atoms with Gasteiger partial charge in [-0.15, -0.1) is 0 Å². The molecule has 0 aliphatic carbocycles. The molecular weight excluding hydrogens is 274 g/mol. The molecular formula is C15H12ClN3O. The lowest BCUT2D eigenvalue weighted by atomic mass is 10.1. The molecule has 3 rings (SSSR count). The van der Waals surface area contributed by atoms with Gasteiger partial charge in [0.2, 0.25) is 0 Å². The van der Waals surface area contributed by atoms with Crippen LogP contribution in [0.1, 0.15) is 17.4 Å². The Labute approximate surface area is 121 Å². The summed E-state index contributed by atoms with van der Waals surface area (Å²) in [5, 5.41) is 10.8. The second kappa shape index (κ2) is 5.53. The van der Waals surface area contributed by atoms with Crippen LogP contribution in [0.25, 0.3) is 11.0 Å². The first kappa shape index (κ1) is 13.0. The number of pyridine rings is 1. The van der Waals surface area contributed by atoms with Gasteiger partial charge in [0.15, 0.2) is 0 Å². The highest BCUT2D eigenvalue weighted by Crippen LogP contribution is 2.22. The Bertz CT molecular complexity index is 748. The van der Waals surface area contributed by atoms with Crippen molar-refractivity contribution in [2.45, 2.75) is 12.5 Å². The topological polar surface area (TPSA) is 58.9 Å². The zero-order valence-electron chi connectivity index (χ0n) is 10.6. The van der Waals surface area contributed by atoms with Gasteiger partial charge in [0.1, 0.15) is 6.10 Å². The van der Waals surface area contributed by atoms with Gasteiger partial charge in [-0.3, -0.25) is 9.97 Å². The fourth-order valence-corrected chi connectivity index (χ4v) is 2.21. The Hall–Kier alpha value is -2.04. The van der Waals surface area contributed by atoms with E-state index in [2.05, 4.69) is 15.0 Å². The average molecular weight is 286 g/mol. The minimum atomic E-state index is -0.744. The average Bonchev–Trinajstić information content (AvgIpc) is 2.49. The molecule has 0 aliphatic heterocycles. The normalized spacial score (nSPS) is 12.5. The van der Waals surface area contributed by atoms with Crippen LogP contribution in [-0.2, 0) is 6.42 Å². The predicted octanol–water partition coefficient (Wildman–Crippen LogP) is 2.95. The highest BCUT2D eigenvalue weighted by Gasteiger charge is 2.13. The maximum Gasteiger partial charge on any atom is 0.102 e. The lowest BCUT2D eigenvalue weighted by Gasteiger charge is -2.11. The first-order valence-corrected chi connectivity index (χ1v) is 6.60. The van der Waals surface area contributed by atoms with E-state index >= 15 is 0 Å². The van der Waals surface area contributed by atoms with Crippen LogP contribution in [0, 0.1) is 0 Å². The number of benzene rings is 1. The zero-order chi connectivity index (χ0) is 13.9. The first-order valence-electron chi connectivity index (χ1n) is 6.22. The van der Waals surface area contributed by atoms with E-state index in [0.717, 1.165) is 16.6 Å². The summed E-state index contributed by atoms with van der Waals surface area (Å²) in [7, 11) is 0. The summed E-state index contributed by atoms with van der Waals surface area (Å²) in [4.78, 5) is 12.7. The molecule has 0 amide bonds. The van der Waals surface area contributed by atoms with Crippen LogP contribution < -0.4 is 0 Å². The monoisotopic (exact) mass is 285 g/mol. The van der Waals surface area contributed by atoms with E-state index in [4.69, 9.17) is 11.6 Å². The van der Waals surface area contributed by atoms with Crippen molar-refractivity contribution in [3.63, 3.8) is 0 Å². The van der Waals surface area contributed by atoms with Crippen LogP contribution in [0.3, 0.4) is 0 Å². The highest BCUT2D eigenvalue weighted by molar-refractivity contribution is 6.31. The number of hydrogen-bond acceptors (Lipinski definition) is 4. The molecule has 100 valence electrons. The Morgan fingerprint density at radius 3 is 2.70 bits per heavy atom. The number of aliphatic hydroxyl groups excluding tert-OH is 1. The van der Waals surface area contributed by atoms with Gasteiger partial charge in [0.05, 0.1) is 27.9 Å². The van der Waals surface area contributed by atoms with E-state index in [1.807, 2.05) is 24.3 Å². The number of hydrogen-bond donors (Lipinski definition) is 1. The van der Waals surface area contributed by atoms with Crippen LogP contribution in [0.2, 0.25) is 5.02 Å². The summed E-state index contributed by atoms with van der Waals surface area (Å²) < 4.78 is 0. The Balaban J connectivity index is 1.89. The number of fused-ring (bicyclic) bond motifs is 1. The molecule has 0 bridgehead atoms. The maximum absolute atomic E-state index is 10.3. The summed E-state index contributed by atoms with van der Waals surface area (Å²) in [6.07, 6.45) is 4.46. The van der Waals surface area contributed by atoms with E-state index in [-0.39, 0.29) is 0 Å². The van der Waals surface area contributed by atoms with Crippen LogP contribution in [-0.4, -0.2) is 20.1 Å². The molecule has 1 unspecified atom stereocenters. The Kier molecular flexibility index (Phi) is 3.58. The second-order valence-electron chi connectivity index (χ2n) is 4.47. The maximum atomic E-state index is 10.3. The van der Waals surface area contributed by atoms with E-state index in [9.17, 15) is 5.11 Å². The van der Waals surface area contributed by atoms with Crippen molar-refractivity contribution in [3.05, 3.63) is 65.2 Å². The van der Waals surface area contributed by atoms with Crippen molar-refractivity contribution in [2.75, 3.05) is 0 Å². The van der Waals surface area contributed by atoms with E-state index in [0.29, 0.717) is 17.1 Å². The minimum Gasteiger partial charge on any atom is -0.386 e. The first-order chi connectivity index (χ1) is 9.74. The third kappa shape index (κ3) is 2.61. The van der Waals surface area contributed by atoms with Crippen LogP contribution >= 0.6 is 11.6 Å². The fourth-order valence-electron chi connectivity index (χ4n) is 2.01. The van der Waals surface area contributed by atoms with Gasteiger partial charge in [-0.1, -0.05) is 23.7 Å². The van der Waals surface area contributed by atoms with Crippen molar-refractivity contribution in [1.82, 2.24) is 15.0 Å². The summed E-state index contributed by atoms with van der Waals surface area (Å²) in [5.74, 6) is 0. The van der Waals surface area contributed by atoms with Crippen molar-refractivity contribution in [1.29, 1.82) is 0 Å². The van der Waals surface area contributed by atoms with E-state index in [1.54, 1.807) is 24.7 Å². The zero-order valence-corrected chi connectivity index (χ0v) is 11.3. The molecule has 0 fully saturated rings. The van der Waals surface area contributed by atoms with Crippen LogP contribution in [0.4, 0.5) is 0 Å². The van der Waals surface area contributed by atoms with Crippen molar-refractivity contribution in [3.8, 4) is 0 Å². The molecule has 2 aromatic heterocycles. The molecule has 5 heteroatoms. The van der Waals surface area contributed by atoms with Gasteiger partial charge in [-0.05, 0) is 23.8 Å². The molecule has 1 atom stereocenters. The molecule has 4 nitrogen and oxygen atoms in total. The smallest absolute Gasteiger partial charge is 0.102 e. The summed E-state index contributed by atoms with van der Waals surface area (Å²) in [6.45, 7) is 0. The standard InChI is InChI=1S/C15H12ClN3O/c16-11-8-17-6-5-10(11)7-15(20)14-9-18-12-3-1-2-4-13(12)19-14/h1-6,8-9,15,20H,7H2. The molecule has 20 heavy (non-hydrogen) atoms. The molecule has 0 saturated carbocycles. The molecule has 0 aliphatic rings. The van der Waals surface area contributed by atoms with Crippen LogP contribution in [0.15, 0.2) is 48.9 Å². The van der Waals surface area contributed by atoms with Gasteiger partial charge in [-0.25, -0.2) is 4.98 Å². The molecule has 0 saturated heterocycles. The SMILES string of the molecule is OC(Cc1ccncc1Cl)c1cnc2ccccc2n1. The second-order valence-corrected chi connectivity index (χ2v) is 4.88. The van der Waals surface area contributed by atoms with Gasteiger partial charge < -0.3 is 5.11 Å². The fraction of sp³-hybridized carbons (Fsp3) is 0.133. The molecule has 2 heterocycles.